The molecule has 1 N–H and O–H groups in total. The van der Waals surface area contributed by atoms with Crippen molar-refractivity contribution in [2.75, 3.05) is 6.61 Å². The second kappa shape index (κ2) is 7.78. The molecule has 0 fully saturated rings. The average molecular weight is 351 g/mol. The number of carboxylic acid groups (broad SMARTS) is 1. The summed E-state index contributed by atoms with van der Waals surface area (Å²) in [5, 5.41) is 9.23. The molecule has 0 saturated heterocycles. The third-order valence-electron chi connectivity index (χ3n) is 4.01. The van der Waals surface area contributed by atoms with Crippen molar-refractivity contribution >= 4 is 5.97 Å². The lowest BCUT2D eigenvalue weighted by atomic mass is 10.00. The highest BCUT2D eigenvalue weighted by Crippen LogP contribution is 2.26. The minimum absolute atomic E-state index is 0.0837. The van der Waals surface area contributed by atoms with Gasteiger partial charge in [-0.1, -0.05) is 24.3 Å². The van der Waals surface area contributed by atoms with Crippen LogP contribution in [0.2, 0.25) is 0 Å². The van der Waals surface area contributed by atoms with E-state index in [0.717, 1.165) is 16.9 Å². The zero-order valence-electron chi connectivity index (χ0n) is 14.3. The molecule has 1 heterocycles. The molecule has 0 aliphatic heterocycles. The van der Waals surface area contributed by atoms with Gasteiger partial charge in [0.05, 0.1) is 17.9 Å². The minimum atomic E-state index is -1.07. The number of hydrogen-bond donors (Lipinski definition) is 1. The predicted molar refractivity (Wildman–Crippen MR) is 97.0 cm³/mol. The highest BCUT2D eigenvalue weighted by molar-refractivity contribution is 5.88. The number of ether oxygens (including phenoxy) is 1. The highest BCUT2D eigenvalue weighted by atomic mass is 19.1. The van der Waals surface area contributed by atoms with Crippen molar-refractivity contribution in [3.8, 4) is 16.9 Å². The first kappa shape index (κ1) is 17.6. The van der Waals surface area contributed by atoms with Crippen LogP contribution in [0.3, 0.4) is 0 Å². The van der Waals surface area contributed by atoms with Gasteiger partial charge in [-0.3, -0.25) is 4.98 Å². The summed E-state index contributed by atoms with van der Waals surface area (Å²) < 4.78 is 20.1. The molecule has 0 aliphatic carbocycles. The molecule has 0 amide bonds. The van der Waals surface area contributed by atoms with Gasteiger partial charge >= 0.3 is 5.97 Å². The smallest absolute Gasteiger partial charge is 0.337 e. The number of benzene rings is 2. The standard InChI is InChI=1S/C21H18FNO3/c1-2-26-17-6-3-5-14(11-17)15-8-9-16(19(22)12-15)13-20-18(21(24)25)7-4-10-23-20/h3-12H,2,13H2,1H3,(H,24,25). The third kappa shape index (κ3) is 3.88. The van der Waals surface area contributed by atoms with Crippen LogP contribution in [-0.2, 0) is 6.42 Å². The first-order chi connectivity index (χ1) is 12.6. The van der Waals surface area contributed by atoms with E-state index in [4.69, 9.17) is 4.74 Å². The van der Waals surface area contributed by atoms with E-state index < -0.39 is 11.8 Å². The van der Waals surface area contributed by atoms with Crippen LogP contribution in [0.4, 0.5) is 4.39 Å². The molecule has 3 aromatic rings. The van der Waals surface area contributed by atoms with E-state index in [1.807, 2.05) is 37.3 Å². The van der Waals surface area contributed by atoms with Gasteiger partial charge < -0.3 is 9.84 Å². The average Bonchev–Trinajstić information content (AvgIpc) is 2.64. The predicted octanol–water partition coefficient (Wildman–Crippen LogP) is 4.58. The molecule has 0 radical (unpaired) electrons. The first-order valence-corrected chi connectivity index (χ1v) is 8.27. The Morgan fingerprint density at radius 2 is 1.92 bits per heavy atom. The normalized spacial score (nSPS) is 10.5. The van der Waals surface area contributed by atoms with E-state index in [9.17, 15) is 14.3 Å². The summed E-state index contributed by atoms with van der Waals surface area (Å²) >= 11 is 0. The number of carbonyl (C=O) groups is 1. The van der Waals surface area contributed by atoms with Crippen LogP contribution in [0, 0.1) is 5.82 Å². The molecule has 132 valence electrons. The molecular formula is C21H18FNO3. The van der Waals surface area contributed by atoms with E-state index in [0.29, 0.717) is 17.9 Å². The van der Waals surface area contributed by atoms with Crippen LogP contribution in [0.25, 0.3) is 11.1 Å². The Labute approximate surface area is 150 Å². The number of aromatic nitrogens is 1. The second-order valence-corrected chi connectivity index (χ2v) is 5.75. The second-order valence-electron chi connectivity index (χ2n) is 5.75. The molecule has 5 heteroatoms. The highest BCUT2D eigenvalue weighted by Gasteiger charge is 2.14. The molecule has 26 heavy (non-hydrogen) atoms. The third-order valence-corrected chi connectivity index (χ3v) is 4.01. The molecule has 0 bridgehead atoms. The van der Waals surface area contributed by atoms with Crippen LogP contribution in [0.15, 0.2) is 60.8 Å². The number of pyridine rings is 1. The maximum absolute atomic E-state index is 14.6. The summed E-state index contributed by atoms with van der Waals surface area (Å²) in [6.45, 7) is 2.47. The van der Waals surface area contributed by atoms with Crippen molar-refractivity contribution in [1.82, 2.24) is 4.98 Å². The summed E-state index contributed by atoms with van der Waals surface area (Å²) in [7, 11) is 0. The Morgan fingerprint density at radius 3 is 2.65 bits per heavy atom. The van der Waals surface area contributed by atoms with E-state index in [1.165, 1.54) is 18.3 Å². The quantitative estimate of drug-likeness (QED) is 0.706. The van der Waals surface area contributed by atoms with Crippen LogP contribution < -0.4 is 4.74 Å². The molecule has 2 aromatic carbocycles. The fraction of sp³-hybridized carbons (Fsp3) is 0.143. The molecule has 3 rings (SSSR count). The summed E-state index contributed by atoms with van der Waals surface area (Å²) in [5.74, 6) is -0.738. The van der Waals surface area contributed by atoms with Crippen molar-refractivity contribution < 1.29 is 19.0 Å². The number of rotatable bonds is 6. The van der Waals surface area contributed by atoms with Crippen molar-refractivity contribution in [2.24, 2.45) is 0 Å². The fourth-order valence-electron chi connectivity index (χ4n) is 2.76. The molecular weight excluding hydrogens is 333 g/mol. The SMILES string of the molecule is CCOc1cccc(-c2ccc(Cc3ncccc3C(=O)O)c(F)c2)c1. The van der Waals surface area contributed by atoms with E-state index >= 15 is 0 Å². The summed E-state index contributed by atoms with van der Waals surface area (Å²) in [5.41, 5.74) is 2.40. The van der Waals surface area contributed by atoms with Gasteiger partial charge in [-0.25, -0.2) is 9.18 Å². The molecule has 4 nitrogen and oxygen atoms in total. The number of hydrogen-bond acceptors (Lipinski definition) is 3. The van der Waals surface area contributed by atoms with E-state index in [-0.39, 0.29) is 12.0 Å². The topological polar surface area (TPSA) is 59.4 Å². The largest absolute Gasteiger partial charge is 0.494 e. The zero-order chi connectivity index (χ0) is 18.5. The van der Waals surface area contributed by atoms with Gasteiger partial charge in [0.25, 0.3) is 0 Å². The summed E-state index contributed by atoms with van der Waals surface area (Å²) in [4.78, 5) is 15.4. The molecule has 1 aromatic heterocycles. The Balaban J connectivity index is 1.89. The van der Waals surface area contributed by atoms with Crippen molar-refractivity contribution in [3.63, 3.8) is 0 Å². The van der Waals surface area contributed by atoms with Gasteiger partial charge in [0.15, 0.2) is 0 Å². The van der Waals surface area contributed by atoms with Gasteiger partial charge in [-0.05, 0) is 53.9 Å². The number of nitrogens with zero attached hydrogens (tertiary/aromatic N) is 1. The molecule has 0 spiro atoms. The lowest BCUT2D eigenvalue weighted by Gasteiger charge is -2.09. The zero-order valence-corrected chi connectivity index (χ0v) is 14.3. The van der Waals surface area contributed by atoms with Crippen LogP contribution in [-0.4, -0.2) is 22.7 Å². The molecule has 0 unspecified atom stereocenters. The number of halogens is 1. The van der Waals surface area contributed by atoms with Gasteiger partial charge in [-0.2, -0.15) is 0 Å². The number of carboxylic acids is 1. The molecule has 0 atom stereocenters. The lowest BCUT2D eigenvalue weighted by Crippen LogP contribution is -2.06. The Morgan fingerprint density at radius 1 is 1.12 bits per heavy atom. The van der Waals surface area contributed by atoms with Crippen LogP contribution in [0.1, 0.15) is 28.5 Å². The Kier molecular flexibility index (Phi) is 5.27. The maximum Gasteiger partial charge on any atom is 0.337 e. The van der Waals surface area contributed by atoms with Crippen molar-refractivity contribution in [2.45, 2.75) is 13.3 Å². The number of aromatic carboxylic acids is 1. The van der Waals surface area contributed by atoms with Crippen molar-refractivity contribution in [1.29, 1.82) is 0 Å². The minimum Gasteiger partial charge on any atom is -0.494 e. The molecule has 0 saturated carbocycles. The summed E-state index contributed by atoms with van der Waals surface area (Å²) in [6, 6.07) is 15.4. The monoisotopic (exact) mass is 351 g/mol. The van der Waals surface area contributed by atoms with Gasteiger partial charge in [0, 0.05) is 12.6 Å². The van der Waals surface area contributed by atoms with Crippen molar-refractivity contribution in [3.05, 3.63) is 83.4 Å². The van der Waals surface area contributed by atoms with Crippen LogP contribution >= 0.6 is 0 Å². The van der Waals surface area contributed by atoms with Crippen LogP contribution in [0.5, 0.6) is 5.75 Å². The maximum atomic E-state index is 14.6. The fourth-order valence-corrected chi connectivity index (χ4v) is 2.76. The Hall–Kier alpha value is -3.21. The lowest BCUT2D eigenvalue weighted by molar-refractivity contribution is 0.0695. The van der Waals surface area contributed by atoms with Gasteiger partial charge in [0.2, 0.25) is 0 Å². The van der Waals surface area contributed by atoms with Gasteiger partial charge in [0.1, 0.15) is 11.6 Å². The summed E-state index contributed by atoms with van der Waals surface area (Å²) in [6.07, 6.45) is 1.63. The van der Waals surface area contributed by atoms with E-state index in [2.05, 4.69) is 4.98 Å². The Bertz CT molecular complexity index is 940. The van der Waals surface area contributed by atoms with E-state index in [1.54, 1.807) is 12.1 Å². The first-order valence-electron chi connectivity index (χ1n) is 8.27. The molecule has 0 aliphatic rings. The van der Waals surface area contributed by atoms with Gasteiger partial charge in [-0.15, -0.1) is 0 Å².